The molecule has 0 saturated heterocycles. The molecule has 0 atom stereocenters. The highest BCUT2D eigenvalue weighted by molar-refractivity contribution is 7.89. The van der Waals surface area contributed by atoms with E-state index in [2.05, 4.69) is 37.7 Å². The first-order valence-electron chi connectivity index (χ1n) is 7.55. The van der Waals surface area contributed by atoms with E-state index in [9.17, 15) is 8.42 Å². The van der Waals surface area contributed by atoms with E-state index in [1.165, 1.54) is 0 Å². The van der Waals surface area contributed by atoms with Gasteiger partial charge in [0.15, 0.2) is 0 Å². The molecule has 0 aliphatic carbocycles. The van der Waals surface area contributed by atoms with Crippen LogP contribution in [0, 0.1) is 12.8 Å². The molecule has 0 aliphatic heterocycles. The lowest BCUT2D eigenvalue weighted by Crippen LogP contribution is -2.27. The van der Waals surface area contributed by atoms with Crippen LogP contribution in [0.1, 0.15) is 45.2 Å². The van der Waals surface area contributed by atoms with Crippen molar-refractivity contribution < 1.29 is 8.42 Å². The minimum absolute atomic E-state index is 0.371. The second-order valence-corrected chi connectivity index (χ2v) is 7.95. The van der Waals surface area contributed by atoms with Gasteiger partial charge in [0, 0.05) is 19.1 Å². The van der Waals surface area contributed by atoms with Crippen LogP contribution in [0.3, 0.4) is 0 Å². The topological polar surface area (TPSA) is 58.2 Å². The zero-order valence-corrected chi connectivity index (χ0v) is 14.5. The summed E-state index contributed by atoms with van der Waals surface area (Å²) in [5.41, 5.74) is 1.76. The van der Waals surface area contributed by atoms with Crippen LogP contribution in [0.2, 0.25) is 0 Å². The second-order valence-electron chi connectivity index (χ2n) is 6.22. The van der Waals surface area contributed by atoms with Crippen LogP contribution in [0.15, 0.2) is 23.1 Å². The third kappa shape index (κ3) is 6.16. The molecule has 0 amide bonds. The third-order valence-corrected chi connectivity index (χ3v) is 4.87. The second kappa shape index (κ2) is 7.92. The SMILES string of the molecule is Cc1ccc(CNC(C)C)cc1S(=O)(=O)NCCC(C)C. The Bertz CT molecular complexity index is 551. The fraction of sp³-hybridized carbons (Fsp3) is 0.625. The van der Waals surface area contributed by atoms with Crippen molar-refractivity contribution in [2.45, 2.75) is 58.5 Å². The van der Waals surface area contributed by atoms with Crippen LogP contribution in [0.4, 0.5) is 0 Å². The zero-order chi connectivity index (χ0) is 16.0. The normalized spacial score (nSPS) is 12.3. The molecular formula is C16H28N2O2S. The van der Waals surface area contributed by atoms with Crippen molar-refractivity contribution >= 4 is 10.0 Å². The molecule has 1 aromatic rings. The maximum absolute atomic E-state index is 12.4. The van der Waals surface area contributed by atoms with Gasteiger partial charge >= 0.3 is 0 Å². The quantitative estimate of drug-likeness (QED) is 0.776. The molecule has 0 aromatic heterocycles. The Morgan fingerprint density at radius 1 is 1.14 bits per heavy atom. The Morgan fingerprint density at radius 2 is 1.81 bits per heavy atom. The molecular weight excluding hydrogens is 284 g/mol. The van der Waals surface area contributed by atoms with E-state index in [0.29, 0.717) is 29.9 Å². The summed E-state index contributed by atoms with van der Waals surface area (Å²) in [5.74, 6) is 0.482. The van der Waals surface area contributed by atoms with Crippen molar-refractivity contribution in [2.24, 2.45) is 5.92 Å². The van der Waals surface area contributed by atoms with Crippen molar-refractivity contribution in [3.63, 3.8) is 0 Å². The van der Waals surface area contributed by atoms with Gasteiger partial charge in [0.2, 0.25) is 10.0 Å². The van der Waals surface area contributed by atoms with Gasteiger partial charge in [-0.15, -0.1) is 0 Å². The Morgan fingerprint density at radius 3 is 2.38 bits per heavy atom. The van der Waals surface area contributed by atoms with Crippen molar-refractivity contribution in [3.8, 4) is 0 Å². The van der Waals surface area contributed by atoms with E-state index in [1.54, 1.807) is 6.07 Å². The van der Waals surface area contributed by atoms with Gasteiger partial charge in [-0.2, -0.15) is 0 Å². The Labute approximate surface area is 129 Å². The Kier molecular flexibility index (Phi) is 6.84. The van der Waals surface area contributed by atoms with E-state index in [-0.39, 0.29) is 0 Å². The van der Waals surface area contributed by atoms with Gasteiger partial charge in [0.25, 0.3) is 0 Å². The molecule has 0 fully saturated rings. The van der Waals surface area contributed by atoms with Crippen molar-refractivity contribution in [1.82, 2.24) is 10.0 Å². The molecule has 0 radical (unpaired) electrons. The molecule has 0 saturated carbocycles. The van der Waals surface area contributed by atoms with E-state index in [4.69, 9.17) is 0 Å². The number of hydrogen-bond acceptors (Lipinski definition) is 3. The number of benzene rings is 1. The molecule has 0 unspecified atom stereocenters. The lowest BCUT2D eigenvalue weighted by Gasteiger charge is -2.13. The van der Waals surface area contributed by atoms with Gasteiger partial charge in [-0.1, -0.05) is 39.8 Å². The fourth-order valence-corrected chi connectivity index (χ4v) is 3.27. The highest BCUT2D eigenvalue weighted by atomic mass is 32.2. The maximum Gasteiger partial charge on any atom is 0.240 e. The van der Waals surface area contributed by atoms with Gasteiger partial charge in [-0.25, -0.2) is 13.1 Å². The van der Waals surface area contributed by atoms with Crippen LogP contribution in [0.5, 0.6) is 0 Å². The summed E-state index contributed by atoms with van der Waals surface area (Å²) < 4.78 is 27.5. The molecule has 5 heteroatoms. The molecule has 2 N–H and O–H groups in total. The molecule has 21 heavy (non-hydrogen) atoms. The van der Waals surface area contributed by atoms with E-state index in [0.717, 1.165) is 17.5 Å². The molecule has 1 aromatic carbocycles. The van der Waals surface area contributed by atoms with Crippen LogP contribution in [-0.4, -0.2) is 21.0 Å². The van der Waals surface area contributed by atoms with Crippen molar-refractivity contribution in [2.75, 3.05) is 6.54 Å². The first-order valence-corrected chi connectivity index (χ1v) is 9.03. The van der Waals surface area contributed by atoms with Crippen LogP contribution < -0.4 is 10.0 Å². The summed E-state index contributed by atoms with van der Waals surface area (Å²) in [7, 11) is -3.43. The highest BCUT2D eigenvalue weighted by Gasteiger charge is 2.17. The largest absolute Gasteiger partial charge is 0.310 e. The standard InChI is InChI=1S/C16H28N2O2S/c1-12(2)8-9-18-21(19,20)16-10-15(7-6-14(16)5)11-17-13(3)4/h6-7,10,12-13,17-18H,8-9,11H2,1-5H3. The minimum Gasteiger partial charge on any atom is -0.310 e. The zero-order valence-electron chi connectivity index (χ0n) is 13.7. The molecule has 0 bridgehead atoms. The first-order chi connectivity index (χ1) is 9.72. The number of hydrogen-bond donors (Lipinski definition) is 2. The van der Waals surface area contributed by atoms with E-state index < -0.39 is 10.0 Å². The fourth-order valence-electron chi connectivity index (χ4n) is 1.93. The molecule has 0 spiro atoms. The lowest BCUT2D eigenvalue weighted by atomic mass is 10.1. The molecule has 4 nitrogen and oxygen atoms in total. The third-order valence-electron chi connectivity index (χ3n) is 3.27. The molecule has 120 valence electrons. The first kappa shape index (κ1) is 18.1. The average molecular weight is 312 g/mol. The Hall–Kier alpha value is -0.910. The van der Waals surface area contributed by atoms with E-state index >= 15 is 0 Å². The van der Waals surface area contributed by atoms with Gasteiger partial charge in [-0.3, -0.25) is 0 Å². The summed E-state index contributed by atoms with van der Waals surface area (Å²) >= 11 is 0. The summed E-state index contributed by atoms with van der Waals surface area (Å²) in [6.45, 7) is 11.3. The molecule has 1 rings (SSSR count). The summed E-state index contributed by atoms with van der Waals surface area (Å²) in [6, 6.07) is 5.98. The predicted octanol–water partition coefficient (Wildman–Crippen LogP) is 2.82. The van der Waals surface area contributed by atoms with Crippen molar-refractivity contribution in [3.05, 3.63) is 29.3 Å². The van der Waals surface area contributed by atoms with E-state index in [1.807, 2.05) is 19.1 Å². The van der Waals surface area contributed by atoms with Gasteiger partial charge in [0.1, 0.15) is 0 Å². The van der Waals surface area contributed by atoms with Gasteiger partial charge in [-0.05, 0) is 36.5 Å². The minimum atomic E-state index is -3.43. The highest BCUT2D eigenvalue weighted by Crippen LogP contribution is 2.17. The van der Waals surface area contributed by atoms with Crippen LogP contribution in [-0.2, 0) is 16.6 Å². The molecule has 0 heterocycles. The smallest absolute Gasteiger partial charge is 0.240 e. The number of aryl methyl sites for hydroxylation is 1. The summed E-state index contributed by atoms with van der Waals surface area (Å²) in [6.07, 6.45) is 0.840. The monoisotopic (exact) mass is 312 g/mol. The van der Waals surface area contributed by atoms with Crippen molar-refractivity contribution in [1.29, 1.82) is 0 Å². The van der Waals surface area contributed by atoms with Gasteiger partial charge in [0.05, 0.1) is 4.90 Å². The lowest BCUT2D eigenvalue weighted by molar-refractivity contribution is 0.551. The Balaban J connectivity index is 2.86. The van der Waals surface area contributed by atoms with Gasteiger partial charge < -0.3 is 5.32 Å². The van der Waals surface area contributed by atoms with Crippen LogP contribution >= 0.6 is 0 Å². The summed E-state index contributed by atoms with van der Waals surface area (Å²) in [4.78, 5) is 0.384. The number of sulfonamides is 1. The predicted molar refractivity (Wildman–Crippen MR) is 87.8 cm³/mol. The average Bonchev–Trinajstić information content (AvgIpc) is 2.36. The van der Waals surface area contributed by atoms with Crippen LogP contribution in [0.25, 0.3) is 0 Å². The molecule has 0 aliphatic rings. The summed E-state index contributed by atoms with van der Waals surface area (Å²) in [5, 5.41) is 3.30. The number of nitrogens with one attached hydrogen (secondary N) is 2. The number of rotatable bonds is 8. The maximum atomic E-state index is 12.4.